The van der Waals surface area contributed by atoms with Crippen molar-refractivity contribution in [3.8, 4) is 5.75 Å². The minimum Gasteiger partial charge on any atom is -0.406 e. The van der Waals surface area contributed by atoms with Gasteiger partial charge in [-0.3, -0.25) is 9.59 Å². The average Bonchev–Trinajstić information content (AvgIpc) is 3.62. The number of halogens is 3. The summed E-state index contributed by atoms with van der Waals surface area (Å²) in [6.45, 7) is 1.68. The van der Waals surface area contributed by atoms with Crippen LogP contribution in [0.2, 0.25) is 0 Å². The van der Waals surface area contributed by atoms with Crippen LogP contribution in [0.1, 0.15) is 69.8 Å². The molecule has 2 atom stereocenters. The second-order valence-electron chi connectivity index (χ2n) is 9.97. The Hall–Kier alpha value is -2.29. The number of hydrogen-bond donors (Lipinski definition) is 3. The summed E-state index contributed by atoms with van der Waals surface area (Å²) >= 11 is 0. The van der Waals surface area contributed by atoms with Crippen molar-refractivity contribution >= 4 is 11.8 Å². The molecular formula is C25H34F3N3O3. The molecule has 1 aromatic carbocycles. The average molecular weight is 482 g/mol. The zero-order valence-electron chi connectivity index (χ0n) is 19.4. The van der Waals surface area contributed by atoms with Gasteiger partial charge in [0.05, 0.1) is 5.41 Å². The maximum absolute atomic E-state index is 13.4. The minimum absolute atomic E-state index is 0.0584. The molecule has 0 spiro atoms. The highest BCUT2D eigenvalue weighted by Crippen LogP contribution is 2.49. The summed E-state index contributed by atoms with van der Waals surface area (Å²) < 4.78 is 41.3. The fourth-order valence-electron chi connectivity index (χ4n) is 5.31. The van der Waals surface area contributed by atoms with Gasteiger partial charge in [-0.15, -0.1) is 13.2 Å². The number of nitrogens with one attached hydrogen (secondary N) is 3. The predicted molar refractivity (Wildman–Crippen MR) is 121 cm³/mol. The summed E-state index contributed by atoms with van der Waals surface area (Å²) in [5.41, 5.74) is -0.151. The quantitative estimate of drug-likeness (QED) is 0.526. The first-order chi connectivity index (χ1) is 16.2. The van der Waals surface area contributed by atoms with Crippen molar-refractivity contribution in [2.45, 2.75) is 88.1 Å². The third-order valence-electron chi connectivity index (χ3n) is 7.38. The maximum Gasteiger partial charge on any atom is 0.573 e. The SMILES string of the molecule is O=C(N[C@@H]1CCCNC1)[C@H](CC1CCCCC1)NC(=O)C1(c2ccc(OC(F)(F)F)cc2)CC1. The molecule has 1 saturated heterocycles. The zero-order valence-corrected chi connectivity index (χ0v) is 19.4. The molecule has 0 bridgehead atoms. The Kier molecular flexibility index (Phi) is 7.70. The van der Waals surface area contributed by atoms with E-state index in [1.54, 1.807) is 0 Å². The van der Waals surface area contributed by atoms with Crippen molar-refractivity contribution in [2.75, 3.05) is 13.1 Å². The van der Waals surface area contributed by atoms with Gasteiger partial charge in [0.25, 0.3) is 0 Å². The molecule has 2 aliphatic carbocycles. The molecule has 2 amide bonds. The number of piperidine rings is 1. The van der Waals surface area contributed by atoms with E-state index in [-0.39, 0.29) is 23.6 Å². The molecule has 0 radical (unpaired) electrons. The van der Waals surface area contributed by atoms with Crippen LogP contribution in [-0.2, 0) is 15.0 Å². The highest BCUT2D eigenvalue weighted by atomic mass is 19.4. The highest BCUT2D eigenvalue weighted by Gasteiger charge is 2.52. The molecule has 1 aromatic rings. The number of ether oxygens (including phenoxy) is 1. The first kappa shape index (κ1) is 24.8. The standard InChI is InChI=1S/C25H34F3N3O3/c26-25(27,28)34-20-10-8-18(9-11-20)24(12-13-24)23(33)31-21(15-17-5-2-1-3-6-17)22(32)30-19-7-4-14-29-16-19/h8-11,17,19,21,29H,1-7,12-16H2,(H,30,32)(H,31,33)/t19-,21+/m1/s1. The number of alkyl halides is 3. The van der Waals surface area contributed by atoms with Crippen LogP contribution in [0.3, 0.4) is 0 Å². The van der Waals surface area contributed by atoms with Gasteiger partial charge in [0.1, 0.15) is 11.8 Å². The van der Waals surface area contributed by atoms with E-state index in [1.165, 1.54) is 30.7 Å². The van der Waals surface area contributed by atoms with E-state index in [1.807, 2.05) is 0 Å². The van der Waals surface area contributed by atoms with Crippen molar-refractivity contribution in [1.29, 1.82) is 0 Å². The number of benzene rings is 1. The Morgan fingerprint density at radius 3 is 2.35 bits per heavy atom. The largest absolute Gasteiger partial charge is 0.573 e. The molecule has 2 saturated carbocycles. The van der Waals surface area contributed by atoms with Gasteiger partial charge in [0.2, 0.25) is 11.8 Å². The first-order valence-electron chi connectivity index (χ1n) is 12.4. The summed E-state index contributed by atoms with van der Waals surface area (Å²) in [5.74, 6) is -0.279. The number of hydrogen-bond acceptors (Lipinski definition) is 4. The molecule has 1 heterocycles. The number of carbonyl (C=O) groups excluding carboxylic acids is 2. The molecule has 188 valence electrons. The first-order valence-corrected chi connectivity index (χ1v) is 12.4. The number of rotatable bonds is 8. The van der Waals surface area contributed by atoms with Gasteiger partial charge in [-0.1, -0.05) is 44.2 Å². The monoisotopic (exact) mass is 481 g/mol. The molecule has 34 heavy (non-hydrogen) atoms. The van der Waals surface area contributed by atoms with Crippen molar-refractivity contribution < 1.29 is 27.5 Å². The lowest BCUT2D eigenvalue weighted by atomic mass is 9.84. The Balaban J connectivity index is 1.43. The smallest absolute Gasteiger partial charge is 0.406 e. The fourth-order valence-corrected chi connectivity index (χ4v) is 5.31. The molecule has 4 rings (SSSR count). The van der Waals surface area contributed by atoms with Crippen LogP contribution in [0.15, 0.2) is 24.3 Å². The highest BCUT2D eigenvalue weighted by molar-refractivity contribution is 5.95. The van der Waals surface area contributed by atoms with Gasteiger partial charge in [0.15, 0.2) is 0 Å². The summed E-state index contributed by atoms with van der Waals surface area (Å²) in [6, 6.07) is 4.94. The van der Waals surface area contributed by atoms with E-state index in [4.69, 9.17) is 0 Å². The van der Waals surface area contributed by atoms with Crippen LogP contribution in [0.5, 0.6) is 5.75 Å². The lowest BCUT2D eigenvalue weighted by Gasteiger charge is -2.30. The number of carbonyl (C=O) groups is 2. The second-order valence-corrected chi connectivity index (χ2v) is 9.97. The lowest BCUT2D eigenvalue weighted by Crippen LogP contribution is -2.55. The van der Waals surface area contributed by atoms with E-state index >= 15 is 0 Å². The molecule has 3 aliphatic rings. The molecule has 3 fully saturated rings. The van der Waals surface area contributed by atoms with Gasteiger partial charge in [-0.05, 0) is 62.3 Å². The van der Waals surface area contributed by atoms with Crippen LogP contribution >= 0.6 is 0 Å². The van der Waals surface area contributed by atoms with Gasteiger partial charge in [-0.2, -0.15) is 0 Å². The fraction of sp³-hybridized carbons (Fsp3) is 0.680. The van der Waals surface area contributed by atoms with Crippen molar-refractivity contribution in [3.05, 3.63) is 29.8 Å². The van der Waals surface area contributed by atoms with Crippen LogP contribution in [-0.4, -0.2) is 43.3 Å². The van der Waals surface area contributed by atoms with Gasteiger partial charge in [0, 0.05) is 12.6 Å². The van der Waals surface area contributed by atoms with Crippen molar-refractivity contribution in [2.24, 2.45) is 5.92 Å². The van der Waals surface area contributed by atoms with Crippen LogP contribution in [0.4, 0.5) is 13.2 Å². The van der Waals surface area contributed by atoms with Gasteiger partial charge < -0.3 is 20.7 Å². The molecule has 6 nitrogen and oxygen atoms in total. The third-order valence-corrected chi connectivity index (χ3v) is 7.38. The topological polar surface area (TPSA) is 79.5 Å². The Morgan fingerprint density at radius 1 is 1.06 bits per heavy atom. The molecular weight excluding hydrogens is 447 g/mol. The molecule has 1 aliphatic heterocycles. The van der Waals surface area contributed by atoms with Crippen molar-refractivity contribution in [1.82, 2.24) is 16.0 Å². The molecule has 9 heteroatoms. The maximum atomic E-state index is 13.4. The minimum atomic E-state index is -4.76. The molecule has 3 N–H and O–H groups in total. The Bertz CT molecular complexity index is 843. The third kappa shape index (κ3) is 6.43. The normalized spacial score (nSPS) is 23.6. The summed E-state index contributed by atoms with van der Waals surface area (Å²) in [6.07, 6.45) is 4.62. The van der Waals surface area contributed by atoms with Gasteiger partial charge in [-0.25, -0.2) is 0 Å². The van der Waals surface area contributed by atoms with E-state index in [2.05, 4.69) is 20.7 Å². The van der Waals surface area contributed by atoms with Gasteiger partial charge >= 0.3 is 6.36 Å². The van der Waals surface area contributed by atoms with Crippen LogP contribution < -0.4 is 20.7 Å². The summed E-state index contributed by atoms with van der Waals surface area (Å²) in [5, 5.41) is 9.43. The van der Waals surface area contributed by atoms with Crippen LogP contribution in [0, 0.1) is 5.92 Å². The number of amides is 2. The van der Waals surface area contributed by atoms with Crippen molar-refractivity contribution in [3.63, 3.8) is 0 Å². The van der Waals surface area contributed by atoms with E-state index in [9.17, 15) is 22.8 Å². The van der Waals surface area contributed by atoms with Crippen LogP contribution in [0.25, 0.3) is 0 Å². The predicted octanol–water partition coefficient (Wildman–Crippen LogP) is 3.94. The molecule has 0 unspecified atom stereocenters. The Labute approximate surface area is 198 Å². The van der Waals surface area contributed by atoms with E-state index in [0.717, 1.165) is 51.6 Å². The second kappa shape index (κ2) is 10.5. The van der Waals surface area contributed by atoms with E-state index in [0.29, 0.717) is 30.7 Å². The Morgan fingerprint density at radius 2 is 1.76 bits per heavy atom. The summed E-state index contributed by atoms with van der Waals surface area (Å²) in [7, 11) is 0. The molecule has 0 aromatic heterocycles. The van der Waals surface area contributed by atoms with E-state index < -0.39 is 17.8 Å². The lowest BCUT2D eigenvalue weighted by molar-refractivity contribution is -0.274. The zero-order chi connectivity index (χ0) is 24.2. The summed E-state index contributed by atoms with van der Waals surface area (Å²) in [4.78, 5) is 26.6.